The Morgan fingerprint density at radius 3 is 2.55 bits per heavy atom. The molecule has 3 aromatic rings. The number of ketones is 1. The van der Waals surface area contributed by atoms with Gasteiger partial charge in [0.15, 0.2) is 5.78 Å². The van der Waals surface area contributed by atoms with E-state index in [1.54, 1.807) is 19.2 Å². The lowest BCUT2D eigenvalue weighted by Gasteiger charge is -2.30. The fraction of sp³-hybridized carbons (Fsp3) is 0.222. The number of allylic oxidation sites excluding steroid dienone is 1. The van der Waals surface area contributed by atoms with Crippen LogP contribution in [0, 0.1) is 12.7 Å². The Labute approximate surface area is 197 Å². The van der Waals surface area contributed by atoms with Crippen molar-refractivity contribution in [2.75, 3.05) is 17.7 Å². The number of methoxy groups -OCH3 is 1. The number of carbonyl (C=O) groups excluding carboxylic acids is 1. The SMILES string of the molecule is COc1ccc(C2CC(=O)C3=C(C2)Nc2ccc(C)cc2NC3c2c(F)cccc2Cl)cc1. The minimum absolute atomic E-state index is 0.0124. The maximum Gasteiger partial charge on any atom is 0.163 e. The van der Waals surface area contributed by atoms with Crippen molar-refractivity contribution in [3.63, 3.8) is 0 Å². The van der Waals surface area contributed by atoms with Crippen LogP contribution < -0.4 is 15.4 Å². The number of hydrogen-bond donors (Lipinski definition) is 2. The highest BCUT2D eigenvalue weighted by Gasteiger charge is 2.37. The summed E-state index contributed by atoms with van der Waals surface area (Å²) >= 11 is 6.46. The molecule has 0 bridgehead atoms. The van der Waals surface area contributed by atoms with Gasteiger partial charge in [0.05, 0.1) is 24.5 Å². The molecule has 0 saturated heterocycles. The lowest BCUT2D eigenvalue weighted by Crippen LogP contribution is -2.27. The van der Waals surface area contributed by atoms with E-state index in [-0.39, 0.29) is 11.7 Å². The molecule has 0 fully saturated rings. The molecule has 4 nitrogen and oxygen atoms in total. The highest BCUT2D eigenvalue weighted by molar-refractivity contribution is 6.31. The number of anilines is 2. The predicted molar refractivity (Wildman–Crippen MR) is 130 cm³/mol. The van der Waals surface area contributed by atoms with Crippen molar-refractivity contribution in [1.82, 2.24) is 0 Å². The molecule has 33 heavy (non-hydrogen) atoms. The van der Waals surface area contributed by atoms with E-state index in [0.29, 0.717) is 29.0 Å². The summed E-state index contributed by atoms with van der Waals surface area (Å²) in [7, 11) is 1.63. The number of rotatable bonds is 3. The van der Waals surface area contributed by atoms with Crippen LogP contribution in [0.3, 0.4) is 0 Å². The number of fused-ring (bicyclic) bond motifs is 1. The summed E-state index contributed by atoms with van der Waals surface area (Å²) in [4.78, 5) is 13.6. The molecule has 0 saturated carbocycles. The van der Waals surface area contributed by atoms with Gasteiger partial charge in [-0.15, -0.1) is 0 Å². The molecule has 1 aliphatic carbocycles. The van der Waals surface area contributed by atoms with E-state index in [0.717, 1.165) is 33.9 Å². The summed E-state index contributed by atoms with van der Waals surface area (Å²) in [5.74, 6) is 0.327. The van der Waals surface area contributed by atoms with Gasteiger partial charge in [-0.1, -0.05) is 35.9 Å². The van der Waals surface area contributed by atoms with Crippen molar-refractivity contribution in [3.05, 3.63) is 99.5 Å². The highest BCUT2D eigenvalue weighted by Crippen LogP contribution is 2.46. The van der Waals surface area contributed by atoms with E-state index in [1.165, 1.54) is 6.07 Å². The Morgan fingerprint density at radius 2 is 1.82 bits per heavy atom. The van der Waals surface area contributed by atoms with Crippen molar-refractivity contribution in [2.45, 2.75) is 31.7 Å². The number of benzene rings is 3. The summed E-state index contributed by atoms with van der Waals surface area (Å²) in [6.45, 7) is 2.00. The summed E-state index contributed by atoms with van der Waals surface area (Å²) < 4.78 is 20.3. The minimum atomic E-state index is -0.687. The first kappa shape index (κ1) is 21.5. The van der Waals surface area contributed by atoms with Crippen LogP contribution in [0.25, 0.3) is 0 Å². The van der Waals surface area contributed by atoms with Gasteiger partial charge in [-0.05, 0) is 66.8 Å². The van der Waals surface area contributed by atoms with Gasteiger partial charge in [-0.2, -0.15) is 0 Å². The topological polar surface area (TPSA) is 50.4 Å². The maximum atomic E-state index is 15.0. The summed E-state index contributed by atoms with van der Waals surface area (Å²) in [6, 6.07) is 17.7. The monoisotopic (exact) mass is 462 g/mol. The molecule has 5 rings (SSSR count). The standard InChI is InChI=1S/C27H24ClFN2O2/c1-15-6-11-21-22(12-15)31-27(25-19(28)4-3-5-20(25)29)26-23(30-21)13-17(14-24(26)32)16-7-9-18(33-2)10-8-16/h3-12,17,27,30-31H,13-14H2,1-2H3. The van der Waals surface area contributed by atoms with Crippen LogP contribution in [0.1, 0.15) is 41.5 Å². The van der Waals surface area contributed by atoms with Gasteiger partial charge in [0, 0.05) is 28.3 Å². The molecule has 1 aliphatic heterocycles. The predicted octanol–water partition coefficient (Wildman–Crippen LogP) is 6.78. The molecule has 3 aromatic carbocycles. The third-order valence-electron chi connectivity index (χ3n) is 6.43. The third-order valence-corrected chi connectivity index (χ3v) is 6.76. The fourth-order valence-corrected chi connectivity index (χ4v) is 5.05. The van der Waals surface area contributed by atoms with Crippen molar-refractivity contribution >= 4 is 28.8 Å². The first-order valence-electron chi connectivity index (χ1n) is 10.9. The van der Waals surface area contributed by atoms with Crippen LogP contribution in [0.15, 0.2) is 71.9 Å². The second-order valence-corrected chi connectivity index (χ2v) is 8.99. The Hall–Kier alpha value is -3.31. The second-order valence-electron chi connectivity index (χ2n) is 8.58. The summed E-state index contributed by atoms with van der Waals surface area (Å²) in [5, 5.41) is 7.19. The zero-order valence-electron chi connectivity index (χ0n) is 18.4. The fourth-order valence-electron chi connectivity index (χ4n) is 4.78. The molecule has 1 heterocycles. The van der Waals surface area contributed by atoms with Crippen molar-refractivity contribution in [2.24, 2.45) is 0 Å². The molecule has 0 spiro atoms. The first-order chi connectivity index (χ1) is 15.9. The van der Waals surface area contributed by atoms with Crippen molar-refractivity contribution in [3.8, 4) is 5.75 Å². The Kier molecular flexibility index (Phi) is 5.59. The number of hydrogen-bond acceptors (Lipinski definition) is 4. The Bertz CT molecular complexity index is 1250. The summed E-state index contributed by atoms with van der Waals surface area (Å²) in [5.41, 5.74) is 5.42. The van der Waals surface area contributed by atoms with E-state index >= 15 is 4.39 Å². The molecule has 6 heteroatoms. The third kappa shape index (κ3) is 3.98. The van der Waals surface area contributed by atoms with Gasteiger partial charge < -0.3 is 15.4 Å². The van der Waals surface area contributed by atoms with Crippen molar-refractivity contribution in [1.29, 1.82) is 0 Å². The lowest BCUT2D eigenvalue weighted by molar-refractivity contribution is -0.116. The first-order valence-corrected chi connectivity index (χ1v) is 11.3. The Morgan fingerprint density at radius 1 is 1.03 bits per heavy atom. The molecule has 2 N–H and O–H groups in total. The van der Waals surface area contributed by atoms with Gasteiger partial charge >= 0.3 is 0 Å². The van der Waals surface area contributed by atoms with Crippen LogP contribution in [0.5, 0.6) is 5.75 Å². The van der Waals surface area contributed by atoms with E-state index in [1.807, 2.05) is 49.4 Å². The number of ether oxygens (including phenoxy) is 1. The van der Waals surface area contributed by atoms with Gasteiger partial charge in [0.1, 0.15) is 11.6 Å². The summed E-state index contributed by atoms with van der Waals surface area (Å²) in [6.07, 6.45) is 0.970. The largest absolute Gasteiger partial charge is 0.497 e. The molecule has 0 radical (unpaired) electrons. The molecule has 168 valence electrons. The normalized spacial score (nSPS) is 19.7. The van der Waals surface area contributed by atoms with Crippen LogP contribution in [-0.2, 0) is 4.79 Å². The zero-order chi connectivity index (χ0) is 23.1. The maximum absolute atomic E-state index is 15.0. The van der Waals surface area contributed by atoms with Crippen molar-refractivity contribution < 1.29 is 13.9 Å². The van der Waals surface area contributed by atoms with E-state index in [4.69, 9.17) is 16.3 Å². The van der Waals surface area contributed by atoms with Crippen LogP contribution in [-0.4, -0.2) is 12.9 Å². The molecule has 2 atom stereocenters. The molecule has 2 unspecified atom stereocenters. The van der Waals surface area contributed by atoms with E-state index in [2.05, 4.69) is 10.6 Å². The number of carbonyl (C=O) groups is 1. The van der Waals surface area contributed by atoms with Gasteiger partial charge in [0.2, 0.25) is 0 Å². The molecular formula is C27H24ClFN2O2. The molecule has 2 aliphatic rings. The average Bonchev–Trinajstić information content (AvgIpc) is 2.95. The van der Waals surface area contributed by atoms with Crippen LogP contribution >= 0.6 is 11.6 Å². The average molecular weight is 463 g/mol. The lowest BCUT2D eigenvalue weighted by atomic mass is 9.78. The molecule has 0 amide bonds. The number of Topliss-reactive ketones (excluding diaryl/α,β-unsaturated/α-hetero) is 1. The highest BCUT2D eigenvalue weighted by atomic mass is 35.5. The van der Waals surface area contributed by atoms with Crippen LogP contribution in [0.4, 0.5) is 15.8 Å². The molecular weight excluding hydrogens is 439 g/mol. The minimum Gasteiger partial charge on any atom is -0.497 e. The van der Waals surface area contributed by atoms with E-state index in [9.17, 15) is 4.79 Å². The smallest absolute Gasteiger partial charge is 0.163 e. The molecule has 0 aromatic heterocycles. The quantitative estimate of drug-likeness (QED) is 0.450. The van der Waals surface area contributed by atoms with E-state index < -0.39 is 11.9 Å². The number of halogens is 2. The Balaban J connectivity index is 1.63. The number of nitrogens with one attached hydrogen (secondary N) is 2. The van der Waals surface area contributed by atoms with Gasteiger partial charge in [-0.25, -0.2) is 4.39 Å². The number of aryl methyl sites for hydroxylation is 1. The second kappa shape index (κ2) is 8.56. The zero-order valence-corrected chi connectivity index (χ0v) is 19.2. The van der Waals surface area contributed by atoms with Crippen LogP contribution in [0.2, 0.25) is 5.02 Å². The van der Waals surface area contributed by atoms with Gasteiger partial charge in [0.25, 0.3) is 0 Å². The van der Waals surface area contributed by atoms with Gasteiger partial charge in [-0.3, -0.25) is 4.79 Å².